The molecule has 2 aromatic carbocycles. The van der Waals surface area contributed by atoms with Gasteiger partial charge in [0.15, 0.2) is 0 Å². The van der Waals surface area contributed by atoms with Crippen molar-refractivity contribution in [1.29, 1.82) is 0 Å². The minimum Gasteiger partial charge on any atom is -0.399 e. The van der Waals surface area contributed by atoms with Crippen molar-refractivity contribution in [2.45, 2.75) is 38.7 Å². The van der Waals surface area contributed by atoms with Gasteiger partial charge in [0.05, 0.1) is 11.8 Å². The summed E-state index contributed by atoms with van der Waals surface area (Å²) >= 11 is 0. The second kappa shape index (κ2) is 6.64. The van der Waals surface area contributed by atoms with Crippen molar-refractivity contribution in [2.75, 3.05) is 7.11 Å². The van der Waals surface area contributed by atoms with Crippen LogP contribution in [0.4, 0.5) is 0 Å². The van der Waals surface area contributed by atoms with Gasteiger partial charge in [-0.2, -0.15) is 0 Å². The standard InChI is InChI=1S/C22H25NO2/c1-3-20(23-25-2)22-18(10-14-11-19(22)21(24)12-14)17-9-8-15-6-4-5-7-16(15)13-17/h4-9,13-14,19,21,24H,3,10-12H2,1-2H3/t14?,19-,21?/m0/s1. The number of hydrogen-bond acceptors (Lipinski definition) is 3. The average Bonchev–Trinajstić information content (AvgIpc) is 2.94. The smallest absolute Gasteiger partial charge is 0.106 e. The number of hydrogen-bond donors (Lipinski definition) is 1. The molecule has 2 bridgehead atoms. The minimum absolute atomic E-state index is 0.189. The fourth-order valence-corrected chi connectivity index (χ4v) is 4.67. The number of fused-ring (bicyclic) bond motifs is 3. The Bertz CT molecular complexity index is 852. The molecule has 3 heteroatoms. The molecule has 0 spiro atoms. The first-order valence-corrected chi connectivity index (χ1v) is 9.22. The molecule has 0 radical (unpaired) electrons. The third kappa shape index (κ3) is 2.87. The predicted molar refractivity (Wildman–Crippen MR) is 102 cm³/mol. The average molecular weight is 335 g/mol. The molecule has 0 aromatic heterocycles. The van der Waals surface area contributed by atoms with Crippen LogP contribution in [0.5, 0.6) is 0 Å². The lowest BCUT2D eigenvalue weighted by Crippen LogP contribution is -2.23. The Labute approximate surface area is 149 Å². The lowest BCUT2D eigenvalue weighted by molar-refractivity contribution is 0.149. The molecule has 1 N–H and O–H groups in total. The third-order valence-electron chi connectivity index (χ3n) is 5.76. The summed E-state index contributed by atoms with van der Waals surface area (Å²) in [5.74, 6) is 0.764. The molecule has 1 saturated carbocycles. The largest absolute Gasteiger partial charge is 0.399 e. The Morgan fingerprint density at radius 3 is 2.72 bits per heavy atom. The zero-order valence-corrected chi connectivity index (χ0v) is 14.9. The van der Waals surface area contributed by atoms with E-state index in [0.29, 0.717) is 5.92 Å². The fourth-order valence-electron chi connectivity index (χ4n) is 4.67. The number of nitrogens with zero attached hydrogens (tertiary/aromatic N) is 1. The molecule has 130 valence electrons. The Hall–Kier alpha value is -2.13. The van der Waals surface area contributed by atoms with Crippen molar-refractivity contribution in [2.24, 2.45) is 17.0 Å². The first-order chi connectivity index (χ1) is 12.2. The van der Waals surface area contributed by atoms with Gasteiger partial charge in [-0.1, -0.05) is 48.5 Å². The monoisotopic (exact) mass is 335 g/mol. The highest BCUT2D eigenvalue weighted by Crippen LogP contribution is 2.49. The van der Waals surface area contributed by atoms with Gasteiger partial charge < -0.3 is 9.94 Å². The molecule has 4 rings (SSSR count). The van der Waals surface area contributed by atoms with E-state index in [1.807, 2.05) is 0 Å². The van der Waals surface area contributed by atoms with E-state index in [-0.39, 0.29) is 12.0 Å². The van der Waals surface area contributed by atoms with E-state index < -0.39 is 0 Å². The van der Waals surface area contributed by atoms with Crippen molar-refractivity contribution in [3.8, 4) is 0 Å². The van der Waals surface area contributed by atoms with Crippen LogP contribution in [0, 0.1) is 11.8 Å². The summed E-state index contributed by atoms with van der Waals surface area (Å²) in [7, 11) is 1.60. The van der Waals surface area contributed by atoms with Crippen molar-refractivity contribution in [3.05, 3.63) is 53.6 Å². The van der Waals surface area contributed by atoms with Gasteiger partial charge in [0.2, 0.25) is 0 Å². The van der Waals surface area contributed by atoms with Crippen LogP contribution in [0.1, 0.15) is 38.2 Å². The summed E-state index contributed by atoms with van der Waals surface area (Å²) in [4.78, 5) is 5.12. The molecular weight excluding hydrogens is 310 g/mol. The molecule has 2 unspecified atom stereocenters. The minimum atomic E-state index is -0.258. The second-order valence-electron chi connectivity index (χ2n) is 7.24. The first kappa shape index (κ1) is 16.3. The van der Waals surface area contributed by atoms with E-state index in [9.17, 15) is 5.11 Å². The van der Waals surface area contributed by atoms with Gasteiger partial charge in [-0.15, -0.1) is 0 Å². The maximum atomic E-state index is 10.6. The lowest BCUT2D eigenvalue weighted by atomic mass is 9.77. The van der Waals surface area contributed by atoms with Gasteiger partial charge in [-0.05, 0) is 65.1 Å². The summed E-state index contributed by atoms with van der Waals surface area (Å²) < 4.78 is 0. The van der Waals surface area contributed by atoms with E-state index in [1.165, 1.54) is 27.5 Å². The van der Waals surface area contributed by atoms with Crippen molar-refractivity contribution < 1.29 is 9.94 Å². The number of aliphatic hydroxyl groups is 1. The van der Waals surface area contributed by atoms with Gasteiger partial charge in [-0.3, -0.25) is 0 Å². The van der Waals surface area contributed by atoms with Crippen molar-refractivity contribution >= 4 is 22.1 Å². The van der Waals surface area contributed by atoms with Crippen LogP contribution >= 0.6 is 0 Å². The topological polar surface area (TPSA) is 41.8 Å². The van der Waals surface area contributed by atoms with Crippen LogP contribution in [-0.2, 0) is 4.84 Å². The third-order valence-corrected chi connectivity index (χ3v) is 5.76. The van der Waals surface area contributed by atoms with Crippen LogP contribution in [0.2, 0.25) is 0 Å². The molecule has 3 atom stereocenters. The molecular formula is C22H25NO2. The summed E-state index contributed by atoms with van der Waals surface area (Å²) in [5.41, 5.74) is 4.81. The van der Waals surface area contributed by atoms with Gasteiger partial charge >= 0.3 is 0 Å². The van der Waals surface area contributed by atoms with E-state index >= 15 is 0 Å². The SMILES string of the molecule is CCC(=NOC)C1=C(c2ccc3ccccc3c2)CC2CC(O)[C@@H]1C2. The molecule has 25 heavy (non-hydrogen) atoms. The van der Waals surface area contributed by atoms with Gasteiger partial charge in [0, 0.05) is 5.92 Å². The Balaban J connectivity index is 1.89. The number of oxime groups is 1. The highest BCUT2D eigenvalue weighted by molar-refractivity contribution is 6.07. The Morgan fingerprint density at radius 1 is 1.16 bits per heavy atom. The van der Waals surface area contributed by atoms with E-state index in [0.717, 1.165) is 31.4 Å². The number of rotatable bonds is 4. The molecule has 0 aliphatic heterocycles. The number of aliphatic hydroxyl groups excluding tert-OH is 1. The number of allylic oxidation sites excluding steroid dienone is 1. The normalized spacial score (nSPS) is 26.4. The Morgan fingerprint density at radius 2 is 1.96 bits per heavy atom. The van der Waals surface area contributed by atoms with Crippen molar-refractivity contribution in [3.63, 3.8) is 0 Å². The fraction of sp³-hybridized carbons (Fsp3) is 0.409. The quantitative estimate of drug-likeness (QED) is 0.644. The van der Waals surface area contributed by atoms with Crippen molar-refractivity contribution in [1.82, 2.24) is 0 Å². The van der Waals surface area contributed by atoms with Crippen LogP contribution in [0.15, 0.2) is 53.2 Å². The molecule has 2 aliphatic carbocycles. The number of benzene rings is 2. The second-order valence-corrected chi connectivity index (χ2v) is 7.24. The maximum absolute atomic E-state index is 10.6. The molecule has 1 fully saturated rings. The molecule has 3 nitrogen and oxygen atoms in total. The summed E-state index contributed by atoms with van der Waals surface area (Å²) in [6.45, 7) is 2.11. The van der Waals surface area contributed by atoms with Crippen LogP contribution in [0.25, 0.3) is 16.3 Å². The zero-order chi connectivity index (χ0) is 17.4. The summed E-state index contributed by atoms with van der Waals surface area (Å²) in [5, 5.41) is 17.4. The molecule has 2 aliphatic rings. The predicted octanol–water partition coefficient (Wildman–Crippen LogP) is 4.80. The Kier molecular flexibility index (Phi) is 4.34. The first-order valence-electron chi connectivity index (χ1n) is 9.22. The summed E-state index contributed by atoms with van der Waals surface area (Å²) in [6, 6.07) is 15.2. The highest BCUT2D eigenvalue weighted by Gasteiger charge is 2.42. The highest BCUT2D eigenvalue weighted by atomic mass is 16.6. The van der Waals surface area contributed by atoms with Gasteiger partial charge in [-0.25, -0.2) is 0 Å². The molecule has 0 saturated heterocycles. The molecule has 0 amide bonds. The van der Waals surface area contributed by atoms with Gasteiger partial charge in [0.25, 0.3) is 0 Å². The van der Waals surface area contributed by atoms with Crippen LogP contribution < -0.4 is 0 Å². The van der Waals surface area contributed by atoms with Gasteiger partial charge in [0.1, 0.15) is 7.11 Å². The maximum Gasteiger partial charge on any atom is 0.106 e. The lowest BCUT2D eigenvalue weighted by Gasteiger charge is -2.28. The van der Waals surface area contributed by atoms with Crippen LogP contribution in [-0.4, -0.2) is 24.0 Å². The van der Waals surface area contributed by atoms with E-state index in [2.05, 4.69) is 54.5 Å². The molecule has 2 aromatic rings. The van der Waals surface area contributed by atoms with E-state index in [1.54, 1.807) is 7.11 Å². The molecule has 0 heterocycles. The zero-order valence-electron chi connectivity index (χ0n) is 14.9. The summed E-state index contributed by atoms with van der Waals surface area (Å²) in [6.07, 6.45) is 3.54. The van der Waals surface area contributed by atoms with E-state index in [4.69, 9.17) is 4.84 Å². The van der Waals surface area contributed by atoms with Crippen LogP contribution in [0.3, 0.4) is 0 Å².